The van der Waals surface area contributed by atoms with Gasteiger partial charge in [0.05, 0.1) is 5.39 Å². The van der Waals surface area contributed by atoms with Gasteiger partial charge < -0.3 is 9.26 Å². The van der Waals surface area contributed by atoms with Crippen molar-refractivity contribution in [3.63, 3.8) is 0 Å². The molecule has 2 rings (SSSR count). The van der Waals surface area contributed by atoms with Gasteiger partial charge in [0.25, 0.3) is 0 Å². The summed E-state index contributed by atoms with van der Waals surface area (Å²) in [6.45, 7) is 5.29. The van der Waals surface area contributed by atoms with Gasteiger partial charge in [-0.15, -0.1) is 0 Å². The third kappa shape index (κ3) is 3.09. The highest BCUT2D eigenvalue weighted by molar-refractivity contribution is 5.98. The van der Waals surface area contributed by atoms with E-state index in [2.05, 4.69) is 10.5 Å². The van der Waals surface area contributed by atoms with Crippen LogP contribution in [0.25, 0.3) is 11.0 Å². The molecule has 0 bridgehead atoms. The topological polar surface area (TPSA) is 81.4 Å². The van der Waals surface area contributed by atoms with Crippen molar-refractivity contribution in [2.45, 2.75) is 26.4 Å². The molecule has 19 heavy (non-hydrogen) atoms. The number of ether oxygens (including phenoxy) is 1. The maximum atomic E-state index is 11.6. The Hall–Kier alpha value is -2.37. The number of nitrogens with one attached hydrogen (secondary N) is 1. The van der Waals surface area contributed by atoms with Crippen LogP contribution in [-0.2, 0) is 4.74 Å². The van der Waals surface area contributed by atoms with E-state index in [-0.39, 0.29) is 5.82 Å². The Morgan fingerprint density at radius 1 is 1.42 bits per heavy atom. The van der Waals surface area contributed by atoms with E-state index < -0.39 is 11.7 Å². The van der Waals surface area contributed by atoms with E-state index in [0.29, 0.717) is 22.8 Å². The minimum atomic E-state index is -0.626. The van der Waals surface area contributed by atoms with Crippen LogP contribution in [0.4, 0.5) is 10.6 Å². The van der Waals surface area contributed by atoms with Crippen molar-refractivity contribution >= 4 is 29.2 Å². The summed E-state index contributed by atoms with van der Waals surface area (Å²) >= 11 is 0. The second-order valence-corrected chi connectivity index (χ2v) is 5.03. The molecule has 2 aromatic rings. The quantitative estimate of drug-likeness (QED) is 0.841. The van der Waals surface area contributed by atoms with Gasteiger partial charge >= 0.3 is 6.09 Å². The highest BCUT2D eigenvalue weighted by atomic mass is 16.6. The van der Waals surface area contributed by atoms with Crippen LogP contribution in [0.3, 0.4) is 0 Å². The zero-order valence-electron chi connectivity index (χ0n) is 10.9. The SMILES string of the molecule is CC(C)(C)OC(=O)Nc1noc2ccc(C=O)cc12. The number of fused-ring (bicyclic) bond motifs is 1. The summed E-state index contributed by atoms with van der Waals surface area (Å²) in [4.78, 5) is 22.4. The van der Waals surface area contributed by atoms with Crippen molar-refractivity contribution in [2.75, 3.05) is 5.32 Å². The fourth-order valence-corrected chi connectivity index (χ4v) is 1.52. The highest BCUT2D eigenvalue weighted by Crippen LogP contribution is 2.24. The average molecular weight is 262 g/mol. The predicted octanol–water partition coefficient (Wildman–Crippen LogP) is 2.99. The van der Waals surface area contributed by atoms with Gasteiger partial charge in [0.15, 0.2) is 11.4 Å². The first-order valence-electron chi connectivity index (χ1n) is 5.74. The van der Waals surface area contributed by atoms with Gasteiger partial charge in [-0.05, 0) is 39.0 Å². The van der Waals surface area contributed by atoms with E-state index >= 15 is 0 Å². The number of aldehydes is 1. The molecule has 0 radical (unpaired) electrons. The molecule has 1 amide bonds. The van der Waals surface area contributed by atoms with Crippen molar-refractivity contribution in [2.24, 2.45) is 0 Å². The maximum absolute atomic E-state index is 11.6. The first kappa shape index (κ1) is 13.1. The molecule has 6 heteroatoms. The second kappa shape index (κ2) is 4.72. The molecule has 1 aromatic heterocycles. The van der Waals surface area contributed by atoms with Crippen LogP contribution in [-0.4, -0.2) is 23.1 Å². The number of nitrogens with zero attached hydrogens (tertiary/aromatic N) is 1. The normalized spacial score (nSPS) is 11.3. The summed E-state index contributed by atoms with van der Waals surface area (Å²) in [5.74, 6) is 0.230. The van der Waals surface area contributed by atoms with Crippen molar-refractivity contribution < 1.29 is 18.8 Å². The molecule has 0 unspecified atom stereocenters. The van der Waals surface area contributed by atoms with E-state index in [1.165, 1.54) is 0 Å². The molecule has 0 aliphatic heterocycles. The fraction of sp³-hybridized carbons (Fsp3) is 0.308. The lowest BCUT2D eigenvalue weighted by Crippen LogP contribution is -2.27. The van der Waals surface area contributed by atoms with Crippen molar-refractivity contribution in [3.8, 4) is 0 Å². The first-order chi connectivity index (χ1) is 8.89. The van der Waals surface area contributed by atoms with Gasteiger partial charge in [0.1, 0.15) is 11.9 Å². The summed E-state index contributed by atoms with van der Waals surface area (Å²) in [6.07, 6.45) is 0.0863. The lowest BCUT2D eigenvalue weighted by atomic mass is 10.2. The number of hydrogen-bond donors (Lipinski definition) is 1. The van der Waals surface area contributed by atoms with E-state index in [1.807, 2.05) is 0 Å². The molecule has 100 valence electrons. The van der Waals surface area contributed by atoms with Crippen LogP contribution in [0, 0.1) is 0 Å². The molecular formula is C13H14N2O4. The number of carbonyl (C=O) groups is 2. The second-order valence-electron chi connectivity index (χ2n) is 5.03. The number of carbonyl (C=O) groups excluding carboxylic acids is 2. The fourth-order valence-electron chi connectivity index (χ4n) is 1.52. The smallest absolute Gasteiger partial charge is 0.413 e. The molecule has 0 saturated carbocycles. The molecule has 0 saturated heterocycles. The molecule has 1 N–H and O–H groups in total. The highest BCUT2D eigenvalue weighted by Gasteiger charge is 2.18. The Morgan fingerprint density at radius 3 is 2.79 bits per heavy atom. The largest absolute Gasteiger partial charge is 0.444 e. The third-order valence-corrected chi connectivity index (χ3v) is 2.25. The van der Waals surface area contributed by atoms with Gasteiger partial charge in [-0.25, -0.2) is 4.79 Å². The molecule has 0 aliphatic rings. The molecule has 1 heterocycles. The molecule has 0 aliphatic carbocycles. The Labute approximate surface area is 109 Å². The Balaban J connectivity index is 2.25. The Morgan fingerprint density at radius 2 is 2.16 bits per heavy atom. The summed E-state index contributed by atoms with van der Waals surface area (Å²) < 4.78 is 10.2. The number of amides is 1. The summed E-state index contributed by atoms with van der Waals surface area (Å²) in [5.41, 5.74) is 0.358. The Bertz CT molecular complexity index is 625. The van der Waals surface area contributed by atoms with Gasteiger partial charge in [0, 0.05) is 5.56 Å². The zero-order chi connectivity index (χ0) is 14.0. The van der Waals surface area contributed by atoms with Crippen molar-refractivity contribution in [1.82, 2.24) is 5.16 Å². The first-order valence-corrected chi connectivity index (χ1v) is 5.74. The van der Waals surface area contributed by atoms with Crippen LogP contribution in [0.2, 0.25) is 0 Å². The van der Waals surface area contributed by atoms with Gasteiger partial charge in [-0.1, -0.05) is 5.16 Å². The monoisotopic (exact) mass is 262 g/mol. The third-order valence-electron chi connectivity index (χ3n) is 2.25. The maximum Gasteiger partial charge on any atom is 0.413 e. The average Bonchev–Trinajstić information content (AvgIpc) is 2.69. The Kier molecular flexibility index (Phi) is 3.25. The van der Waals surface area contributed by atoms with E-state index in [1.54, 1.807) is 39.0 Å². The minimum Gasteiger partial charge on any atom is -0.444 e. The van der Waals surface area contributed by atoms with Crippen LogP contribution in [0.1, 0.15) is 31.1 Å². The number of rotatable bonds is 2. The minimum absolute atomic E-state index is 0.230. The molecule has 0 spiro atoms. The van der Waals surface area contributed by atoms with Gasteiger partial charge in [-0.2, -0.15) is 0 Å². The zero-order valence-corrected chi connectivity index (χ0v) is 10.9. The number of benzene rings is 1. The van der Waals surface area contributed by atoms with E-state index in [0.717, 1.165) is 0 Å². The van der Waals surface area contributed by atoms with E-state index in [9.17, 15) is 9.59 Å². The molecular weight excluding hydrogens is 248 g/mol. The molecule has 0 fully saturated rings. The standard InChI is InChI=1S/C13H14N2O4/c1-13(2,3)18-12(17)14-11-9-6-8(7-16)4-5-10(9)19-15-11/h4-7H,1-3H3,(H,14,15,17). The molecule has 1 aromatic carbocycles. The van der Waals surface area contributed by atoms with Crippen LogP contribution >= 0.6 is 0 Å². The van der Waals surface area contributed by atoms with Crippen molar-refractivity contribution in [1.29, 1.82) is 0 Å². The lowest BCUT2D eigenvalue weighted by Gasteiger charge is -2.19. The summed E-state index contributed by atoms with van der Waals surface area (Å²) in [6, 6.07) is 4.82. The molecule has 6 nitrogen and oxygen atoms in total. The predicted molar refractivity (Wildman–Crippen MR) is 69.3 cm³/mol. The number of aromatic nitrogens is 1. The van der Waals surface area contributed by atoms with Gasteiger partial charge in [-0.3, -0.25) is 10.1 Å². The summed E-state index contributed by atoms with van der Waals surface area (Å²) in [5, 5.41) is 6.78. The van der Waals surface area contributed by atoms with Crippen LogP contribution in [0.5, 0.6) is 0 Å². The number of hydrogen-bond acceptors (Lipinski definition) is 5. The van der Waals surface area contributed by atoms with Crippen LogP contribution in [0.15, 0.2) is 22.7 Å². The van der Waals surface area contributed by atoms with Crippen LogP contribution < -0.4 is 5.32 Å². The lowest BCUT2D eigenvalue weighted by molar-refractivity contribution is 0.0634. The van der Waals surface area contributed by atoms with E-state index in [4.69, 9.17) is 9.26 Å². The number of anilines is 1. The molecule has 0 atom stereocenters. The summed E-state index contributed by atoms with van der Waals surface area (Å²) in [7, 11) is 0. The van der Waals surface area contributed by atoms with Crippen molar-refractivity contribution in [3.05, 3.63) is 23.8 Å². The van der Waals surface area contributed by atoms with Gasteiger partial charge in [0.2, 0.25) is 0 Å².